The molecule has 2 aliphatic rings. The molecule has 11 nitrogen and oxygen atoms in total. The lowest BCUT2D eigenvalue weighted by Gasteiger charge is -2.28. The maximum absolute atomic E-state index is 14.6. The van der Waals surface area contributed by atoms with Crippen LogP contribution in [0.25, 0.3) is 44.2 Å². The lowest BCUT2D eigenvalue weighted by molar-refractivity contribution is -0.00248. The van der Waals surface area contributed by atoms with Gasteiger partial charge in [0, 0.05) is 33.0 Å². The van der Waals surface area contributed by atoms with Crippen LogP contribution in [-0.4, -0.2) is 86.4 Å². The summed E-state index contributed by atoms with van der Waals surface area (Å²) in [5.41, 5.74) is 3.90. The van der Waals surface area contributed by atoms with Gasteiger partial charge in [-0.3, -0.25) is 9.80 Å². The van der Waals surface area contributed by atoms with Gasteiger partial charge in [-0.2, -0.15) is 0 Å². The van der Waals surface area contributed by atoms with Gasteiger partial charge in [-0.25, -0.2) is 28.3 Å². The molecule has 1 N–H and O–H groups in total. The largest absolute Gasteiger partial charge is 0.444 e. The smallest absolute Gasteiger partial charge is 0.411 e. The van der Waals surface area contributed by atoms with E-state index in [-0.39, 0.29) is 18.0 Å². The van der Waals surface area contributed by atoms with Crippen molar-refractivity contribution < 1.29 is 32.6 Å². The zero-order valence-corrected chi connectivity index (χ0v) is 36.1. The molecule has 58 heavy (non-hydrogen) atoms. The third-order valence-corrected chi connectivity index (χ3v) is 12.2. The number of likely N-dealkylation sites (tertiary alicyclic amines) is 2. The molecule has 5 aromatic rings. The number of aromatic amines is 1. The highest BCUT2D eigenvalue weighted by atomic mass is 28.3. The number of rotatable bonds is 9. The van der Waals surface area contributed by atoms with Crippen LogP contribution in [0.3, 0.4) is 0 Å². The predicted molar refractivity (Wildman–Crippen MR) is 225 cm³/mol. The van der Waals surface area contributed by atoms with Crippen LogP contribution in [0.5, 0.6) is 0 Å². The molecule has 14 heteroatoms. The summed E-state index contributed by atoms with van der Waals surface area (Å²) in [4.78, 5) is 42.0. The molecule has 0 saturated carbocycles. The van der Waals surface area contributed by atoms with E-state index in [1.165, 1.54) is 0 Å². The number of hydrogen-bond donors (Lipinski definition) is 1. The number of aromatic nitrogens is 4. The summed E-state index contributed by atoms with van der Waals surface area (Å²) in [5, 5.41) is 2.03. The van der Waals surface area contributed by atoms with Gasteiger partial charge in [0.05, 0.1) is 41.6 Å². The maximum Gasteiger partial charge on any atom is 0.411 e. The van der Waals surface area contributed by atoms with E-state index in [1.807, 2.05) is 49.9 Å². The molecule has 2 fully saturated rings. The second kappa shape index (κ2) is 15.4. The zero-order chi connectivity index (χ0) is 41.8. The first-order valence-corrected chi connectivity index (χ1v) is 23.9. The number of H-pyrrole nitrogens is 1. The van der Waals surface area contributed by atoms with Crippen molar-refractivity contribution in [1.29, 1.82) is 0 Å². The third kappa shape index (κ3) is 9.23. The SMILES string of the molecule is CC(C)(C)OC(=O)N1CC(F)(F)C[C@H]1c1ncc(-c2ccc(-c3ccc4c(ccc5c4nc([C@@H]4CCCN4C(=O)OC(C)(C)C)n5COCC[Si](C)(C)C)c3)cc2)[nH]1. The topological polar surface area (TPSA) is 115 Å². The molecule has 3 aromatic carbocycles. The van der Waals surface area contributed by atoms with Gasteiger partial charge in [0.25, 0.3) is 5.92 Å². The number of amides is 2. The van der Waals surface area contributed by atoms with Crippen LogP contribution in [0.1, 0.15) is 84.5 Å². The molecule has 2 aromatic heterocycles. The van der Waals surface area contributed by atoms with Gasteiger partial charge < -0.3 is 23.8 Å². The number of alkyl halides is 2. The fraction of sp³-hybridized carbons (Fsp3) is 0.500. The lowest BCUT2D eigenvalue weighted by atomic mass is 9.99. The van der Waals surface area contributed by atoms with E-state index in [2.05, 4.69) is 64.5 Å². The Morgan fingerprint density at radius 3 is 2.21 bits per heavy atom. The predicted octanol–water partition coefficient (Wildman–Crippen LogP) is 10.9. The van der Waals surface area contributed by atoms with Crippen LogP contribution < -0.4 is 0 Å². The van der Waals surface area contributed by atoms with E-state index < -0.39 is 50.3 Å². The van der Waals surface area contributed by atoms with Gasteiger partial charge in [-0.15, -0.1) is 0 Å². The Labute approximate surface area is 340 Å². The minimum atomic E-state index is -3.05. The summed E-state index contributed by atoms with van der Waals surface area (Å²) in [6.45, 7) is 18.7. The number of imidazole rings is 2. The molecule has 2 saturated heterocycles. The minimum absolute atomic E-state index is 0.232. The monoisotopic (exact) mass is 814 g/mol. The molecular weight excluding hydrogens is 759 g/mol. The average molecular weight is 815 g/mol. The molecule has 0 spiro atoms. The van der Waals surface area contributed by atoms with Crippen LogP contribution in [-0.2, 0) is 20.9 Å². The van der Waals surface area contributed by atoms with E-state index in [9.17, 15) is 18.4 Å². The second-order valence-corrected chi connectivity index (χ2v) is 24.5. The van der Waals surface area contributed by atoms with Gasteiger partial charge in [-0.1, -0.05) is 62.1 Å². The number of nitrogens with one attached hydrogen (secondary N) is 1. The summed E-state index contributed by atoms with van der Waals surface area (Å²) in [5.74, 6) is -1.96. The molecule has 2 aliphatic heterocycles. The lowest BCUT2D eigenvalue weighted by Crippen LogP contribution is -2.38. The molecule has 0 aliphatic carbocycles. The minimum Gasteiger partial charge on any atom is -0.444 e. The van der Waals surface area contributed by atoms with Crippen molar-refractivity contribution in [3.63, 3.8) is 0 Å². The van der Waals surface area contributed by atoms with Gasteiger partial charge in [0.15, 0.2) is 0 Å². The Balaban J connectivity index is 1.15. The summed E-state index contributed by atoms with van der Waals surface area (Å²) < 4.78 is 48.8. The summed E-state index contributed by atoms with van der Waals surface area (Å²) in [6, 6.07) is 18.4. The van der Waals surface area contributed by atoms with Gasteiger partial charge in [-0.05, 0) is 94.6 Å². The highest BCUT2D eigenvalue weighted by molar-refractivity contribution is 6.76. The second-order valence-electron chi connectivity index (χ2n) is 18.9. The number of benzene rings is 3. The van der Waals surface area contributed by atoms with Crippen molar-refractivity contribution in [2.45, 2.75) is 122 Å². The summed E-state index contributed by atoms with van der Waals surface area (Å²) >= 11 is 0. The molecule has 310 valence electrons. The van der Waals surface area contributed by atoms with Crippen LogP contribution in [0.2, 0.25) is 25.7 Å². The zero-order valence-electron chi connectivity index (χ0n) is 35.1. The Morgan fingerprint density at radius 2 is 1.53 bits per heavy atom. The van der Waals surface area contributed by atoms with Crippen LogP contribution >= 0.6 is 0 Å². The molecule has 4 heterocycles. The van der Waals surface area contributed by atoms with Crippen molar-refractivity contribution in [2.24, 2.45) is 0 Å². The van der Waals surface area contributed by atoms with Crippen molar-refractivity contribution in [3.05, 3.63) is 72.4 Å². The Hall–Kier alpha value is -4.82. The van der Waals surface area contributed by atoms with Crippen LogP contribution in [0.15, 0.2) is 60.8 Å². The molecule has 2 amide bonds. The molecule has 0 bridgehead atoms. The van der Waals surface area contributed by atoms with Crippen molar-refractivity contribution in [3.8, 4) is 22.4 Å². The molecular formula is C44H56F2N6O5Si. The van der Waals surface area contributed by atoms with Crippen molar-refractivity contribution in [2.75, 3.05) is 19.7 Å². The summed E-state index contributed by atoms with van der Waals surface area (Å²) in [7, 11) is -1.29. The normalized spacial score (nSPS) is 18.7. The first kappa shape index (κ1) is 41.3. The fourth-order valence-corrected chi connectivity index (χ4v) is 8.44. The molecule has 7 rings (SSSR count). The van der Waals surface area contributed by atoms with Gasteiger partial charge >= 0.3 is 12.2 Å². The molecule has 2 atom stereocenters. The number of halogens is 2. The standard InChI is InChI=1S/C44H56F2N6O5Si/c1-42(2,3)56-40(53)50-20-10-11-35(50)39-49-37-32-18-16-30(23-31(32)17-19-34(37)52(39)27-55-21-22-58(7,8)9)28-12-14-29(15-13-28)33-25-47-38(48-33)36-24-44(45,46)26-51(36)41(54)57-43(4,5)6/h12-19,23,25,35-36H,10-11,20-22,24,26-27H2,1-9H3,(H,47,48)/t35-,36-/m0/s1. The van der Waals surface area contributed by atoms with Gasteiger partial charge in [0.2, 0.25) is 0 Å². The highest BCUT2D eigenvalue weighted by Gasteiger charge is 2.50. The maximum atomic E-state index is 14.6. The Kier molecular flexibility index (Phi) is 11.0. The number of carbonyl (C=O) groups is 2. The van der Waals surface area contributed by atoms with E-state index >= 15 is 0 Å². The van der Waals surface area contributed by atoms with Gasteiger partial charge in [0.1, 0.15) is 29.6 Å². The molecule has 0 radical (unpaired) electrons. The van der Waals surface area contributed by atoms with Crippen LogP contribution in [0.4, 0.5) is 18.4 Å². The molecule has 0 unspecified atom stereocenters. The number of nitrogens with zero attached hydrogens (tertiary/aromatic N) is 5. The number of hydrogen-bond acceptors (Lipinski definition) is 7. The summed E-state index contributed by atoms with van der Waals surface area (Å²) in [6.07, 6.45) is 1.60. The first-order chi connectivity index (χ1) is 27.1. The first-order valence-electron chi connectivity index (χ1n) is 20.2. The third-order valence-electron chi connectivity index (χ3n) is 10.5. The van der Waals surface area contributed by atoms with E-state index in [1.54, 1.807) is 27.0 Å². The fourth-order valence-electron chi connectivity index (χ4n) is 7.68. The van der Waals surface area contributed by atoms with E-state index in [0.29, 0.717) is 25.6 Å². The number of fused-ring (bicyclic) bond motifs is 3. The van der Waals surface area contributed by atoms with Crippen molar-refractivity contribution in [1.82, 2.24) is 29.3 Å². The van der Waals surface area contributed by atoms with E-state index in [0.717, 1.165) is 68.1 Å². The number of carbonyl (C=O) groups excluding carboxylic acids is 2. The number of ether oxygens (including phenoxy) is 3. The Morgan fingerprint density at radius 1 is 0.879 bits per heavy atom. The van der Waals surface area contributed by atoms with Crippen LogP contribution in [0, 0.1) is 0 Å². The average Bonchev–Trinajstić information content (AvgIpc) is 3.93. The van der Waals surface area contributed by atoms with E-state index in [4.69, 9.17) is 19.2 Å². The highest BCUT2D eigenvalue weighted by Crippen LogP contribution is 2.42. The van der Waals surface area contributed by atoms with Crippen molar-refractivity contribution >= 4 is 42.1 Å². The Bertz CT molecular complexity index is 2300. The quantitative estimate of drug-likeness (QED) is 0.116.